The van der Waals surface area contributed by atoms with Gasteiger partial charge in [0.25, 0.3) is 0 Å². The maximum absolute atomic E-state index is 11.5. The highest BCUT2D eigenvalue weighted by Gasteiger charge is 2.14. The van der Waals surface area contributed by atoms with Crippen molar-refractivity contribution in [1.82, 2.24) is 4.90 Å². The zero-order valence-electron chi connectivity index (χ0n) is 9.49. The van der Waals surface area contributed by atoms with Gasteiger partial charge in [0, 0.05) is 13.0 Å². The summed E-state index contributed by atoms with van der Waals surface area (Å²) in [5, 5.41) is 0. The minimum atomic E-state index is -0.355. The van der Waals surface area contributed by atoms with Crippen molar-refractivity contribution in [3.05, 3.63) is 12.7 Å². The molecule has 4 nitrogen and oxygen atoms in total. The molecule has 1 amide bonds. The Bertz CT molecular complexity index is 226. The molecule has 0 saturated carbocycles. The molecule has 86 valence electrons. The van der Waals surface area contributed by atoms with Crippen molar-refractivity contribution >= 4 is 11.9 Å². The number of allylic oxidation sites excluding steroid dienone is 1. The molecule has 0 rings (SSSR count). The van der Waals surface area contributed by atoms with E-state index in [0.717, 1.165) is 0 Å². The lowest BCUT2D eigenvalue weighted by Gasteiger charge is -2.19. The molecule has 0 spiro atoms. The van der Waals surface area contributed by atoms with Gasteiger partial charge in [0.05, 0.1) is 6.61 Å². The highest BCUT2D eigenvalue weighted by Crippen LogP contribution is 1.99. The van der Waals surface area contributed by atoms with Gasteiger partial charge in [0.1, 0.15) is 6.54 Å². The fourth-order valence-corrected chi connectivity index (χ4v) is 1.12. The topological polar surface area (TPSA) is 46.6 Å². The molecule has 0 radical (unpaired) electrons. The summed E-state index contributed by atoms with van der Waals surface area (Å²) >= 11 is 0. The molecule has 0 aliphatic rings. The molecule has 15 heavy (non-hydrogen) atoms. The van der Waals surface area contributed by atoms with Crippen LogP contribution in [0, 0.1) is 0 Å². The molecule has 0 atom stereocenters. The van der Waals surface area contributed by atoms with Crippen LogP contribution in [0.1, 0.15) is 26.7 Å². The molecule has 0 aromatic carbocycles. The standard InChI is InChI=1S/C11H19NO3/c1-4-7-8-10(13)12(5-2)9-11(14)15-6-3/h4H,1,5-9H2,2-3H3. The van der Waals surface area contributed by atoms with E-state index in [1.165, 1.54) is 4.90 Å². The van der Waals surface area contributed by atoms with Crippen molar-refractivity contribution in [2.75, 3.05) is 19.7 Å². The molecule has 0 bridgehead atoms. The summed E-state index contributed by atoms with van der Waals surface area (Å²) in [6, 6.07) is 0. The van der Waals surface area contributed by atoms with Crippen LogP contribution in [0.25, 0.3) is 0 Å². The second-order valence-corrected chi connectivity index (χ2v) is 3.04. The number of nitrogens with zero attached hydrogens (tertiary/aromatic N) is 1. The Morgan fingerprint density at radius 2 is 2.07 bits per heavy atom. The largest absolute Gasteiger partial charge is 0.465 e. The molecule has 4 heteroatoms. The number of amides is 1. The SMILES string of the molecule is C=CCCC(=O)N(CC)CC(=O)OCC. The smallest absolute Gasteiger partial charge is 0.325 e. The maximum atomic E-state index is 11.5. The number of carbonyl (C=O) groups excluding carboxylic acids is 2. The Labute approximate surface area is 90.9 Å². The van der Waals surface area contributed by atoms with Gasteiger partial charge in [-0.25, -0.2) is 0 Å². The quantitative estimate of drug-likeness (QED) is 0.474. The molecule has 0 unspecified atom stereocenters. The predicted octanol–water partition coefficient (Wildman–Crippen LogP) is 1.36. The molecule has 0 aromatic rings. The lowest BCUT2D eigenvalue weighted by Crippen LogP contribution is -2.36. The molecule has 0 fully saturated rings. The van der Waals surface area contributed by atoms with E-state index in [-0.39, 0.29) is 18.4 Å². The highest BCUT2D eigenvalue weighted by atomic mass is 16.5. The fourth-order valence-electron chi connectivity index (χ4n) is 1.12. The molecule has 0 aliphatic heterocycles. The lowest BCUT2D eigenvalue weighted by molar-refractivity contribution is -0.148. The Hall–Kier alpha value is -1.32. The fraction of sp³-hybridized carbons (Fsp3) is 0.636. The molecule has 0 heterocycles. The Kier molecular flexibility index (Phi) is 7.32. The van der Waals surface area contributed by atoms with E-state index in [4.69, 9.17) is 4.74 Å². The van der Waals surface area contributed by atoms with Crippen molar-refractivity contribution < 1.29 is 14.3 Å². The van der Waals surface area contributed by atoms with Gasteiger partial charge < -0.3 is 9.64 Å². The van der Waals surface area contributed by atoms with Gasteiger partial charge >= 0.3 is 5.97 Å². The van der Waals surface area contributed by atoms with Gasteiger partial charge in [-0.15, -0.1) is 6.58 Å². The third-order valence-corrected chi connectivity index (χ3v) is 1.92. The lowest BCUT2D eigenvalue weighted by atomic mass is 10.2. The Balaban J connectivity index is 4.05. The normalized spacial score (nSPS) is 9.47. The number of likely N-dealkylation sites (N-methyl/N-ethyl adjacent to an activating group) is 1. The Morgan fingerprint density at radius 1 is 1.40 bits per heavy atom. The van der Waals surface area contributed by atoms with Crippen LogP contribution in [0.3, 0.4) is 0 Å². The summed E-state index contributed by atoms with van der Waals surface area (Å²) < 4.78 is 4.78. The van der Waals surface area contributed by atoms with Gasteiger partial charge in [0.2, 0.25) is 5.91 Å². The van der Waals surface area contributed by atoms with Crippen molar-refractivity contribution in [3.63, 3.8) is 0 Å². The van der Waals surface area contributed by atoms with Crippen molar-refractivity contribution in [3.8, 4) is 0 Å². The van der Waals surface area contributed by atoms with E-state index in [2.05, 4.69) is 6.58 Å². The second-order valence-electron chi connectivity index (χ2n) is 3.04. The van der Waals surface area contributed by atoms with Gasteiger partial charge in [0.15, 0.2) is 0 Å². The third kappa shape index (κ3) is 5.88. The first-order valence-corrected chi connectivity index (χ1v) is 5.19. The van der Waals surface area contributed by atoms with Gasteiger partial charge in [-0.1, -0.05) is 6.08 Å². The van der Waals surface area contributed by atoms with Gasteiger partial charge in [-0.2, -0.15) is 0 Å². The summed E-state index contributed by atoms with van der Waals surface area (Å²) in [5.41, 5.74) is 0. The van der Waals surface area contributed by atoms with Crippen molar-refractivity contribution in [2.24, 2.45) is 0 Å². The van der Waals surface area contributed by atoms with Crippen LogP contribution >= 0.6 is 0 Å². The number of rotatable bonds is 7. The maximum Gasteiger partial charge on any atom is 0.325 e. The van der Waals surface area contributed by atoms with Crippen LogP contribution in [0.15, 0.2) is 12.7 Å². The van der Waals surface area contributed by atoms with E-state index < -0.39 is 0 Å². The average Bonchev–Trinajstić information content (AvgIpc) is 2.22. The summed E-state index contributed by atoms with van der Waals surface area (Å²) in [4.78, 5) is 24.2. The first-order valence-electron chi connectivity index (χ1n) is 5.19. The van der Waals surface area contributed by atoms with E-state index >= 15 is 0 Å². The van der Waals surface area contributed by atoms with Crippen LogP contribution in [-0.2, 0) is 14.3 Å². The van der Waals surface area contributed by atoms with Gasteiger partial charge in [-0.3, -0.25) is 9.59 Å². The number of ether oxygens (including phenoxy) is 1. The van der Waals surface area contributed by atoms with Crippen molar-refractivity contribution in [2.45, 2.75) is 26.7 Å². The number of esters is 1. The monoisotopic (exact) mass is 213 g/mol. The van der Waals surface area contributed by atoms with E-state index in [0.29, 0.717) is 26.0 Å². The number of hydrogen-bond donors (Lipinski definition) is 0. The van der Waals surface area contributed by atoms with Gasteiger partial charge in [-0.05, 0) is 20.3 Å². The van der Waals surface area contributed by atoms with Crippen LogP contribution < -0.4 is 0 Å². The highest BCUT2D eigenvalue weighted by molar-refractivity contribution is 5.82. The van der Waals surface area contributed by atoms with Crippen LogP contribution in [0.5, 0.6) is 0 Å². The minimum Gasteiger partial charge on any atom is -0.465 e. The first kappa shape index (κ1) is 13.7. The second kappa shape index (κ2) is 8.03. The third-order valence-electron chi connectivity index (χ3n) is 1.92. The van der Waals surface area contributed by atoms with E-state index in [1.807, 2.05) is 6.92 Å². The molecule has 0 N–H and O–H groups in total. The summed E-state index contributed by atoms with van der Waals surface area (Å²) in [7, 11) is 0. The zero-order valence-corrected chi connectivity index (χ0v) is 9.49. The molecule has 0 aliphatic carbocycles. The summed E-state index contributed by atoms with van der Waals surface area (Å²) in [5.74, 6) is -0.392. The number of carbonyl (C=O) groups is 2. The summed E-state index contributed by atoms with van der Waals surface area (Å²) in [6.07, 6.45) is 2.73. The number of hydrogen-bond acceptors (Lipinski definition) is 3. The molecular formula is C11H19NO3. The first-order chi connectivity index (χ1) is 7.15. The van der Waals surface area contributed by atoms with Crippen LogP contribution in [0.2, 0.25) is 0 Å². The molecular weight excluding hydrogens is 194 g/mol. The van der Waals surface area contributed by atoms with Crippen molar-refractivity contribution in [1.29, 1.82) is 0 Å². The van der Waals surface area contributed by atoms with Crippen LogP contribution in [-0.4, -0.2) is 36.5 Å². The predicted molar refractivity (Wildman–Crippen MR) is 58.3 cm³/mol. The zero-order chi connectivity index (χ0) is 11.7. The minimum absolute atomic E-state index is 0.0366. The van der Waals surface area contributed by atoms with E-state index in [9.17, 15) is 9.59 Å². The molecule has 0 saturated heterocycles. The molecule has 0 aromatic heterocycles. The summed E-state index contributed by atoms with van der Waals surface area (Å²) in [6.45, 7) is 8.04. The van der Waals surface area contributed by atoms with Crippen LogP contribution in [0.4, 0.5) is 0 Å². The average molecular weight is 213 g/mol. The van der Waals surface area contributed by atoms with E-state index in [1.54, 1.807) is 13.0 Å². The Morgan fingerprint density at radius 3 is 2.53 bits per heavy atom.